The number of nitrogens with zero attached hydrogens (tertiary/aromatic N) is 2. The van der Waals surface area contributed by atoms with E-state index in [9.17, 15) is 0 Å². The molecule has 1 atom stereocenters. The molecule has 16 heavy (non-hydrogen) atoms. The first kappa shape index (κ1) is 10.9. The van der Waals surface area contributed by atoms with Crippen LogP contribution >= 0.6 is 11.3 Å². The zero-order valence-corrected chi connectivity index (χ0v) is 10.1. The number of hydrogen-bond donors (Lipinski definition) is 1. The molecule has 0 aliphatic rings. The van der Waals surface area contributed by atoms with Crippen LogP contribution in [-0.4, -0.2) is 9.97 Å². The van der Waals surface area contributed by atoms with Crippen molar-refractivity contribution in [2.45, 2.75) is 26.2 Å². The summed E-state index contributed by atoms with van der Waals surface area (Å²) in [6, 6.07) is 4.33. The summed E-state index contributed by atoms with van der Waals surface area (Å²) in [5, 5.41) is 10.1. The van der Waals surface area contributed by atoms with Crippen molar-refractivity contribution in [1.29, 1.82) is 5.26 Å². The number of nitriles is 1. The average Bonchev–Trinajstić information content (AvgIpc) is 2.90. The van der Waals surface area contributed by atoms with Gasteiger partial charge in [0.2, 0.25) is 0 Å². The Balaban J connectivity index is 2.40. The summed E-state index contributed by atoms with van der Waals surface area (Å²) in [5.74, 6) is -0.0230. The average molecular weight is 231 g/mol. The summed E-state index contributed by atoms with van der Waals surface area (Å²) in [6.45, 7) is 4.00. The van der Waals surface area contributed by atoms with Gasteiger partial charge in [-0.25, -0.2) is 4.98 Å². The van der Waals surface area contributed by atoms with E-state index >= 15 is 0 Å². The second-order valence-corrected chi connectivity index (χ2v) is 4.69. The van der Waals surface area contributed by atoms with E-state index in [1.54, 1.807) is 11.3 Å². The largest absolute Gasteiger partial charge is 0.367 e. The molecule has 1 unspecified atom stereocenters. The van der Waals surface area contributed by atoms with E-state index in [-0.39, 0.29) is 5.92 Å². The number of rotatable bonds is 3. The minimum Gasteiger partial charge on any atom is -0.367 e. The van der Waals surface area contributed by atoms with Crippen molar-refractivity contribution in [3.63, 3.8) is 0 Å². The number of nitrogens with one attached hydrogen (secondary N) is 1. The van der Waals surface area contributed by atoms with Crippen LogP contribution in [-0.2, 0) is 0 Å². The number of aryl methyl sites for hydroxylation is 1. The van der Waals surface area contributed by atoms with Gasteiger partial charge in [-0.15, -0.1) is 11.3 Å². The molecule has 0 aromatic carbocycles. The maximum atomic E-state index is 9.07. The van der Waals surface area contributed by atoms with Crippen molar-refractivity contribution >= 4 is 11.3 Å². The van der Waals surface area contributed by atoms with Crippen LogP contribution in [0.4, 0.5) is 0 Å². The van der Waals surface area contributed by atoms with Gasteiger partial charge in [-0.2, -0.15) is 5.26 Å². The molecular weight excluding hydrogens is 218 g/mol. The minimum atomic E-state index is -0.0230. The van der Waals surface area contributed by atoms with Crippen LogP contribution in [0.5, 0.6) is 0 Å². The first-order valence-corrected chi connectivity index (χ1v) is 6.08. The number of aromatic nitrogens is 2. The Kier molecular flexibility index (Phi) is 3.07. The SMILES string of the molecule is CCC(C#N)c1sc(-c2cc[nH]c2)nc1C. The van der Waals surface area contributed by atoms with Gasteiger partial charge >= 0.3 is 0 Å². The predicted molar refractivity (Wildman–Crippen MR) is 65.3 cm³/mol. The molecule has 2 aromatic rings. The van der Waals surface area contributed by atoms with E-state index in [1.807, 2.05) is 32.3 Å². The topological polar surface area (TPSA) is 52.5 Å². The van der Waals surface area contributed by atoms with Gasteiger partial charge in [0.05, 0.1) is 17.7 Å². The summed E-state index contributed by atoms with van der Waals surface area (Å²) >= 11 is 1.62. The Morgan fingerprint density at radius 1 is 1.62 bits per heavy atom. The normalized spacial score (nSPS) is 12.3. The third kappa shape index (κ3) is 1.86. The van der Waals surface area contributed by atoms with E-state index in [2.05, 4.69) is 16.0 Å². The highest BCUT2D eigenvalue weighted by Gasteiger charge is 2.17. The molecular formula is C12H13N3S. The van der Waals surface area contributed by atoms with E-state index < -0.39 is 0 Å². The number of thiazole rings is 1. The predicted octanol–water partition coefficient (Wildman–Crippen LogP) is 3.46. The van der Waals surface area contributed by atoms with Crippen molar-refractivity contribution in [1.82, 2.24) is 9.97 Å². The molecule has 2 heterocycles. The van der Waals surface area contributed by atoms with Gasteiger partial charge in [0.15, 0.2) is 0 Å². The first-order chi connectivity index (χ1) is 7.76. The summed E-state index contributed by atoms with van der Waals surface area (Å²) in [7, 11) is 0. The molecule has 2 aromatic heterocycles. The standard InChI is InChI=1S/C12H13N3S/c1-3-9(6-13)11-8(2)15-12(16-11)10-4-5-14-7-10/h4-5,7,9,14H,3H2,1-2H3. The quantitative estimate of drug-likeness (QED) is 0.879. The first-order valence-electron chi connectivity index (χ1n) is 5.26. The Hall–Kier alpha value is -1.60. The van der Waals surface area contributed by atoms with Crippen molar-refractivity contribution in [3.8, 4) is 16.6 Å². The fourth-order valence-electron chi connectivity index (χ4n) is 1.65. The van der Waals surface area contributed by atoms with Gasteiger partial charge in [-0.3, -0.25) is 0 Å². The second-order valence-electron chi connectivity index (χ2n) is 3.66. The lowest BCUT2D eigenvalue weighted by atomic mass is 10.1. The highest BCUT2D eigenvalue weighted by molar-refractivity contribution is 7.15. The van der Waals surface area contributed by atoms with Crippen LogP contribution in [0.15, 0.2) is 18.5 Å². The fraction of sp³-hybridized carbons (Fsp3) is 0.333. The number of aromatic amines is 1. The number of hydrogen-bond acceptors (Lipinski definition) is 3. The molecule has 4 heteroatoms. The molecule has 0 aliphatic heterocycles. The summed E-state index contributed by atoms with van der Waals surface area (Å²) in [5.41, 5.74) is 2.07. The Labute approximate surface area is 98.8 Å². The van der Waals surface area contributed by atoms with Gasteiger partial charge < -0.3 is 4.98 Å². The molecule has 0 fully saturated rings. The van der Waals surface area contributed by atoms with Gasteiger partial charge in [-0.05, 0) is 19.4 Å². The van der Waals surface area contributed by atoms with Crippen molar-refractivity contribution < 1.29 is 0 Å². The summed E-state index contributed by atoms with van der Waals surface area (Å²) in [4.78, 5) is 8.63. The zero-order valence-electron chi connectivity index (χ0n) is 9.32. The second kappa shape index (κ2) is 4.50. The molecule has 0 amide bonds. The lowest BCUT2D eigenvalue weighted by Gasteiger charge is -2.01. The third-order valence-corrected chi connectivity index (χ3v) is 3.88. The molecule has 1 N–H and O–H groups in total. The lowest BCUT2D eigenvalue weighted by molar-refractivity contribution is 0.824. The Morgan fingerprint density at radius 3 is 3.00 bits per heavy atom. The van der Waals surface area contributed by atoms with Crippen LogP contribution in [0.1, 0.15) is 29.8 Å². The lowest BCUT2D eigenvalue weighted by Crippen LogP contribution is -1.92. The minimum absolute atomic E-state index is 0.0230. The summed E-state index contributed by atoms with van der Waals surface area (Å²) in [6.07, 6.45) is 4.65. The van der Waals surface area contributed by atoms with Gasteiger partial charge in [0.25, 0.3) is 0 Å². The van der Waals surface area contributed by atoms with Gasteiger partial charge in [0, 0.05) is 22.8 Å². The molecule has 0 radical (unpaired) electrons. The van der Waals surface area contributed by atoms with E-state index in [1.165, 1.54) is 0 Å². The van der Waals surface area contributed by atoms with Crippen LogP contribution in [0.2, 0.25) is 0 Å². The molecule has 0 spiro atoms. The molecule has 0 aliphatic carbocycles. The van der Waals surface area contributed by atoms with Gasteiger partial charge in [0.1, 0.15) is 5.01 Å². The highest BCUT2D eigenvalue weighted by atomic mass is 32.1. The molecule has 0 saturated carbocycles. The molecule has 2 rings (SSSR count). The smallest absolute Gasteiger partial charge is 0.125 e. The van der Waals surface area contributed by atoms with Crippen LogP contribution < -0.4 is 0 Å². The van der Waals surface area contributed by atoms with Crippen LogP contribution in [0.25, 0.3) is 10.6 Å². The van der Waals surface area contributed by atoms with Crippen molar-refractivity contribution in [3.05, 3.63) is 29.0 Å². The maximum absolute atomic E-state index is 9.07. The zero-order chi connectivity index (χ0) is 11.5. The monoisotopic (exact) mass is 231 g/mol. The van der Waals surface area contributed by atoms with Crippen molar-refractivity contribution in [2.24, 2.45) is 0 Å². The maximum Gasteiger partial charge on any atom is 0.125 e. The van der Waals surface area contributed by atoms with E-state index in [4.69, 9.17) is 5.26 Å². The van der Waals surface area contributed by atoms with Crippen LogP contribution in [0.3, 0.4) is 0 Å². The molecule has 0 saturated heterocycles. The molecule has 3 nitrogen and oxygen atoms in total. The summed E-state index contributed by atoms with van der Waals surface area (Å²) < 4.78 is 0. The van der Waals surface area contributed by atoms with Gasteiger partial charge in [-0.1, -0.05) is 6.92 Å². The highest BCUT2D eigenvalue weighted by Crippen LogP contribution is 2.33. The number of H-pyrrole nitrogens is 1. The molecule has 82 valence electrons. The molecule has 0 bridgehead atoms. The fourth-order valence-corrected chi connectivity index (χ4v) is 2.84. The Morgan fingerprint density at radius 2 is 2.44 bits per heavy atom. The van der Waals surface area contributed by atoms with Crippen LogP contribution in [0, 0.1) is 18.3 Å². The third-order valence-electron chi connectivity index (χ3n) is 2.56. The Bertz CT molecular complexity index is 505. The van der Waals surface area contributed by atoms with Crippen molar-refractivity contribution in [2.75, 3.05) is 0 Å². The van der Waals surface area contributed by atoms with E-state index in [0.29, 0.717) is 0 Å². The van der Waals surface area contributed by atoms with E-state index in [0.717, 1.165) is 27.6 Å².